The van der Waals surface area contributed by atoms with Crippen LogP contribution in [-0.4, -0.2) is 24.1 Å². The van der Waals surface area contributed by atoms with Crippen molar-refractivity contribution in [2.75, 3.05) is 0 Å². The molecule has 300 valence electrons. The number of nitrogens with zero attached hydrogens (tertiary/aromatic N) is 5. The summed E-state index contributed by atoms with van der Waals surface area (Å²) < 4.78 is 4.70. The summed E-state index contributed by atoms with van der Waals surface area (Å²) in [5.74, 6) is 1.83. The maximum Gasteiger partial charge on any atom is 0.238 e. The Bertz CT molecular complexity index is 3940. The molecule has 0 saturated carbocycles. The van der Waals surface area contributed by atoms with Crippen molar-refractivity contribution in [1.29, 1.82) is 0 Å². The van der Waals surface area contributed by atoms with Gasteiger partial charge in [-0.15, -0.1) is 0 Å². The summed E-state index contributed by atoms with van der Waals surface area (Å²) in [4.78, 5) is 15.6. The fourth-order valence-corrected chi connectivity index (χ4v) is 10.1. The summed E-state index contributed by atoms with van der Waals surface area (Å²) in [5, 5.41) is 12.3. The van der Waals surface area contributed by atoms with E-state index in [1.807, 2.05) is 36.4 Å². The molecule has 0 unspecified atom stereocenters. The summed E-state index contributed by atoms with van der Waals surface area (Å²) in [6.45, 7) is 4.35. The Morgan fingerprint density at radius 3 is 1.36 bits per heavy atom. The van der Waals surface area contributed by atoms with Crippen molar-refractivity contribution in [3.63, 3.8) is 0 Å². The van der Waals surface area contributed by atoms with Crippen LogP contribution in [0.15, 0.2) is 200 Å². The lowest BCUT2D eigenvalue weighted by Crippen LogP contribution is -2.06. The number of rotatable bonds is 5. The number of para-hydroxylation sites is 1. The monoisotopic (exact) mass is 817 g/mol. The third-order valence-corrected chi connectivity index (χ3v) is 13.0. The fourth-order valence-electron chi connectivity index (χ4n) is 10.1. The second kappa shape index (κ2) is 14.1. The van der Waals surface area contributed by atoms with Crippen LogP contribution in [0.3, 0.4) is 0 Å². The van der Waals surface area contributed by atoms with Gasteiger partial charge in [-0.3, -0.25) is 4.57 Å². The topological polar surface area (TPSA) is 48.5 Å². The Hall–Kier alpha value is -8.41. The Morgan fingerprint density at radius 1 is 0.297 bits per heavy atom. The van der Waals surface area contributed by atoms with E-state index in [1.165, 1.54) is 59.8 Å². The molecule has 5 nitrogen and oxygen atoms in total. The molecule has 0 atom stereocenters. The summed E-state index contributed by atoms with van der Waals surface area (Å²) in [6, 6.07) is 72.2. The number of hydrogen-bond donors (Lipinski definition) is 0. The van der Waals surface area contributed by atoms with Gasteiger partial charge >= 0.3 is 0 Å². The third-order valence-electron chi connectivity index (χ3n) is 13.0. The van der Waals surface area contributed by atoms with E-state index in [4.69, 9.17) is 15.0 Å². The largest absolute Gasteiger partial charge is 0.309 e. The van der Waals surface area contributed by atoms with E-state index in [0.29, 0.717) is 17.6 Å². The van der Waals surface area contributed by atoms with Crippen molar-refractivity contribution < 1.29 is 0 Å². The molecule has 3 aromatic heterocycles. The molecule has 0 bridgehead atoms. The van der Waals surface area contributed by atoms with Crippen LogP contribution in [0.5, 0.6) is 0 Å². The first-order valence-electron chi connectivity index (χ1n) is 21.9. The molecule has 13 aromatic rings. The molecule has 3 heterocycles. The summed E-state index contributed by atoms with van der Waals surface area (Å²) in [5.41, 5.74) is 12.1. The molecule has 0 radical (unpaired) electrons. The van der Waals surface area contributed by atoms with Crippen LogP contribution in [0.25, 0.3) is 121 Å². The summed E-state index contributed by atoms with van der Waals surface area (Å²) in [6.07, 6.45) is 0. The van der Waals surface area contributed by atoms with Crippen molar-refractivity contribution in [1.82, 2.24) is 24.1 Å². The van der Waals surface area contributed by atoms with E-state index in [2.05, 4.69) is 187 Å². The van der Waals surface area contributed by atoms with Crippen LogP contribution in [0.1, 0.15) is 11.1 Å². The molecule has 0 aliphatic rings. The highest BCUT2D eigenvalue weighted by molar-refractivity contribution is 6.26. The Kier molecular flexibility index (Phi) is 7.97. The molecule has 0 amide bonds. The normalized spacial score (nSPS) is 11.9. The van der Waals surface area contributed by atoms with E-state index < -0.39 is 0 Å². The quantitative estimate of drug-likeness (QED) is 0.163. The standard InChI is InChI=1S/C59H39N5/c1-36-25-29-53-48(31-36)50-34-51-49-32-37(2)26-30-54(49)64(59-61-57(38-15-5-3-6-16-38)60-58(62-59)39-17-7-4-8-18-39)56(51)35-55(50)63(53)52-24-14-13-19-41(52)40-27-28-46-44-22-10-9-20-42(44)43-21-11-12-23-45(43)47(46)33-40/h3-35H,1-2H3. The van der Waals surface area contributed by atoms with E-state index >= 15 is 0 Å². The second-order valence-corrected chi connectivity index (χ2v) is 17.0. The lowest BCUT2D eigenvalue weighted by Gasteiger charge is -2.16. The first-order valence-corrected chi connectivity index (χ1v) is 21.9. The Morgan fingerprint density at radius 2 is 0.766 bits per heavy atom. The lowest BCUT2D eigenvalue weighted by molar-refractivity contribution is 0.953. The number of benzene rings is 10. The molecule has 5 heteroatoms. The molecule has 13 rings (SSSR count). The maximum atomic E-state index is 5.26. The summed E-state index contributed by atoms with van der Waals surface area (Å²) in [7, 11) is 0. The van der Waals surface area contributed by atoms with Gasteiger partial charge in [0.1, 0.15) is 0 Å². The zero-order valence-electron chi connectivity index (χ0n) is 35.3. The molecular weight excluding hydrogens is 779 g/mol. The van der Waals surface area contributed by atoms with E-state index in [-0.39, 0.29) is 0 Å². The zero-order valence-corrected chi connectivity index (χ0v) is 35.3. The smallest absolute Gasteiger partial charge is 0.238 e. The van der Waals surface area contributed by atoms with Crippen LogP contribution in [-0.2, 0) is 0 Å². The molecule has 64 heavy (non-hydrogen) atoms. The third kappa shape index (κ3) is 5.54. The Labute approximate surface area is 369 Å². The van der Waals surface area contributed by atoms with Gasteiger partial charge in [0.05, 0.1) is 27.8 Å². The van der Waals surface area contributed by atoms with Crippen LogP contribution >= 0.6 is 0 Å². The van der Waals surface area contributed by atoms with Gasteiger partial charge in [0, 0.05) is 38.2 Å². The van der Waals surface area contributed by atoms with Crippen LogP contribution < -0.4 is 0 Å². The molecular formula is C59H39N5. The van der Waals surface area contributed by atoms with Crippen LogP contribution in [0.2, 0.25) is 0 Å². The molecule has 0 N–H and O–H groups in total. The number of aromatic nitrogens is 5. The maximum absolute atomic E-state index is 5.26. The summed E-state index contributed by atoms with van der Waals surface area (Å²) >= 11 is 0. The molecule has 0 aliphatic heterocycles. The predicted molar refractivity (Wildman–Crippen MR) is 267 cm³/mol. The minimum atomic E-state index is 0.575. The van der Waals surface area contributed by atoms with Gasteiger partial charge in [-0.05, 0) is 100 Å². The van der Waals surface area contributed by atoms with E-state index in [1.54, 1.807) is 0 Å². The molecule has 0 spiro atoms. The van der Waals surface area contributed by atoms with Gasteiger partial charge in [-0.25, -0.2) is 4.98 Å². The highest BCUT2D eigenvalue weighted by atomic mass is 15.2. The molecule has 0 fully saturated rings. The van der Waals surface area contributed by atoms with Gasteiger partial charge in [0.25, 0.3) is 0 Å². The molecule has 10 aromatic carbocycles. The van der Waals surface area contributed by atoms with Gasteiger partial charge in [0.15, 0.2) is 11.6 Å². The fraction of sp³-hybridized carbons (Fsp3) is 0.0339. The van der Waals surface area contributed by atoms with Crippen LogP contribution in [0.4, 0.5) is 0 Å². The molecule has 0 saturated heterocycles. The highest BCUT2D eigenvalue weighted by Gasteiger charge is 2.23. The van der Waals surface area contributed by atoms with Crippen molar-refractivity contribution >= 4 is 75.9 Å². The molecule has 0 aliphatic carbocycles. The second-order valence-electron chi connectivity index (χ2n) is 17.0. The zero-order chi connectivity index (χ0) is 42.5. The van der Waals surface area contributed by atoms with Crippen molar-refractivity contribution in [3.8, 4) is 45.5 Å². The SMILES string of the molecule is Cc1ccc2c(c1)c1cc3c4cc(C)ccc4n(-c4ccccc4-c4ccc5c6ccccc6c6ccccc6c5c4)c3cc1n2-c1nc(-c2ccccc2)nc(-c2ccccc2)n1. The van der Waals surface area contributed by atoms with Crippen LogP contribution in [0, 0.1) is 13.8 Å². The van der Waals surface area contributed by atoms with Gasteiger partial charge in [0.2, 0.25) is 5.95 Å². The van der Waals surface area contributed by atoms with Crippen molar-refractivity contribution in [2.24, 2.45) is 0 Å². The first-order chi connectivity index (χ1) is 31.6. The van der Waals surface area contributed by atoms with Gasteiger partial charge in [-0.2, -0.15) is 9.97 Å². The van der Waals surface area contributed by atoms with Gasteiger partial charge in [-0.1, -0.05) is 163 Å². The average Bonchev–Trinajstić information content (AvgIpc) is 3.84. The number of fused-ring (bicyclic) bond motifs is 12. The van der Waals surface area contributed by atoms with Gasteiger partial charge < -0.3 is 4.57 Å². The number of aryl methyl sites for hydroxylation is 2. The highest BCUT2D eigenvalue weighted by Crippen LogP contribution is 2.43. The number of hydrogen-bond acceptors (Lipinski definition) is 3. The Balaban J connectivity index is 1.11. The van der Waals surface area contributed by atoms with E-state index in [0.717, 1.165) is 55.2 Å². The minimum Gasteiger partial charge on any atom is -0.309 e. The minimum absolute atomic E-state index is 0.575. The first kappa shape index (κ1) is 36.3. The predicted octanol–water partition coefficient (Wildman–Crippen LogP) is 15.1. The van der Waals surface area contributed by atoms with E-state index in [9.17, 15) is 0 Å². The lowest BCUT2D eigenvalue weighted by atomic mass is 9.92. The van der Waals surface area contributed by atoms with Crippen molar-refractivity contribution in [3.05, 3.63) is 211 Å². The van der Waals surface area contributed by atoms with Crippen molar-refractivity contribution in [2.45, 2.75) is 13.8 Å². The average molecular weight is 818 g/mol.